The van der Waals surface area contributed by atoms with E-state index in [0.29, 0.717) is 5.69 Å². The van der Waals surface area contributed by atoms with Gasteiger partial charge in [0.15, 0.2) is 0 Å². The van der Waals surface area contributed by atoms with Gasteiger partial charge >= 0.3 is 0 Å². The van der Waals surface area contributed by atoms with Crippen LogP contribution in [0.15, 0.2) is 36.8 Å². The maximum absolute atomic E-state index is 13.1. The van der Waals surface area contributed by atoms with Gasteiger partial charge in [-0.1, -0.05) is 13.0 Å². The van der Waals surface area contributed by atoms with Crippen LogP contribution in [-0.2, 0) is 13.0 Å². The molecule has 142 valence electrons. The van der Waals surface area contributed by atoms with Crippen LogP contribution in [0.25, 0.3) is 5.65 Å². The second-order valence-electron chi connectivity index (χ2n) is 7.00. The number of hydrogen-bond acceptors (Lipinski definition) is 4. The summed E-state index contributed by atoms with van der Waals surface area (Å²) in [4.78, 5) is 26.3. The highest BCUT2D eigenvalue weighted by Gasteiger charge is 2.26. The SMILES string of the molecule is CCc1nccn1CCN1CCN(C(=O)c2c(C)nc3ccccn23)CC1. The number of nitrogens with zero attached hydrogens (tertiary/aromatic N) is 6. The van der Waals surface area contributed by atoms with Gasteiger partial charge in [-0.15, -0.1) is 0 Å². The molecule has 0 saturated carbocycles. The Kier molecular flexibility index (Phi) is 4.94. The average molecular weight is 366 g/mol. The third-order valence-corrected chi connectivity index (χ3v) is 5.34. The molecular formula is C20H26N6O. The van der Waals surface area contributed by atoms with E-state index in [4.69, 9.17) is 0 Å². The monoisotopic (exact) mass is 366 g/mol. The molecule has 0 radical (unpaired) electrons. The summed E-state index contributed by atoms with van der Waals surface area (Å²) in [7, 11) is 0. The molecule has 0 spiro atoms. The standard InChI is InChI=1S/C20H26N6O/c1-3-17-21-7-9-24(17)13-10-23-11-14-25(15-12-23)20(27)19-16(2)22-18-6-4-5-8-26(18)19/h4-9H,3,10-15H2,1-2H3. The highest BCUT2D eigenvalue weighted by molar-refractivity contribution is 5.94. The van der Waals surface area contributed by atoms with Crippen molar-refractivity contribution in [1.82, 2.24) is 28.7 Å². The average Bonchev–Trinajstić information content (AvgIpc) is 3.29. The molecule has 0 bridgehead atoms. The number of piperazine rings is 1. The summed E-state index contributed by atoms with van der Waals surface area (Å²) in [5.74, 6) is 1.21. The Morgan fingerprint density at radius 1 is 1.11 bits per heavy atom. The first kappa shape index (κ1) is 17.7. The molecule has 4 heterocycles. The van der Waals surface area contributed by atoms with E-state index >= 15 is 0 Å². The first-order chi connectivity index (χ1) is 13.2. The van der Waals surface area contributed by atoms with Gasteiger partial charge in [0.05, 0.1) is 5.69 Å². The number of aryl methyl sites for hydroxylation is 2. The Labute approximate surface area is 159 Å². The molecule has 3 aromatic heterocycles. The van der Waals surface area contributed by atoms with Crippen LogP contribution in [0.2, 0.25) is 0 Å². The molecule has 0 aliphatic carbocycles. The van der Waals surface area contributed by atoms with Crippen LogP contribution in [0.5, 0.6) is 0 Å². The largest absolute Gasteiger partial charge is 0.335 e. The van der Waals surface area contributed by atoms with E-state index in [1.807, 2.05) is 53.0 Å². The molecule has 1 saturated heterocycles. The molecule has 27 heavy (non-hydrogen) atoms. The molecule has 0 N–H and O–H groups in total. The molecule has 1 amide bonds. The molecule has 4 rings (SSSR count). The zero-order valence-electron chi connectivity index (χ0n) is 16.0. The maximum Gasteiger partial charge on any atom is 0.272 e. The molecule has 0 unspecified atom stereocenters. The van der Waals surface area contributed by atoms with Gasteiger partial charge < -0.3 is 9.47 Å². The topological polar surface area (TPSA) is 58.7 Å². The van der Waals surface area contributed by atoms with Gasteiger partial charge in [-0.25, -0.2) is 9.97 Å². The van der Waals surface area contributed by atoms with E-state index in [1.54, 1.807) is 0 Å². The van der Waals surface area contributed by atoms with Gasteiger partial charge in [0.25, 0.3) is 5.91 Å². The van der Waals surface area contributed by atoms with E-state index in [1.165, 1.54) is 0 Å². The molecule has 1 aliphatic rings. The third-order valence-electron chi connectivity index (χ3n) is 5.34. The Morgan fingerprint density at radius 3 is 2.70 bits per heavy atom. The lowest BCUT2D eigenvalue weighted by Crippen LogP contribution is -2.49. The number of rotatable bonds is 5. The molecule has 1 fully saturated rings. The lowest BCUT2D eigenvalue weighted by Gasteiger charge is -2.34. The van der Waals surface area contributed by atoms with Gasteiger partial charge in [-0.2, -0.15) is 0 Å². The number of imidazole rings is 2. The normalized spacial score (nSPS) is 15.6. The number of carbonyl (C=O) groups excluding carboxylic acids is 1. The lowest BCUT2D eigenvalue weighted by molar-refractivity contribution is 0.0625. The van der Waals surface area contributed by atoms with Crippen molar-refractivity contribution in [3.63, 3.8) is 0 Å². The molecule has 3 aromatic rings. The van der Waals surface area contributed by atoms with Gasteiger partial charge in [0.2, 0.25) is 0 Å². The quantitative estimate of drug-likeness (QED) is 0.692. The zero-order valence-corrected chi connectivity index (χ0v) is 16.0. The van der Waals surface area contributed by atoms with Gasteiger partial charge in [0.1, 0.15) is 17.2 Å². The van der Waals surface area contributed by atoms with Crippen molar-refractivity contribution >= 4 is 11.6 Å². The van der Waals surface area contributed by atoms with Crippen LogP contribution in [0.4, 0.5) is 0 Å². The number of carbonyl (C=O) groups is 1. The highest BCUT2D eigenvalue weighted by Crippen LogP contribution is 2.15. The van der Waals surface area contributed by atoms with Crippen LogP contribution in [0.3, 0.4) is 0 Å². The Bertz CT molecular complexity index is 935. The number of fused-ring (bicyclic) bond motifs is 1. The minimum absolute atomic E-state index is 0.0775. The minimum atomic E-state index is 0.0775. The van der Waals surface area contributed by atoms with E-state index in [0.717, 1.165) is 62.9 Å². The molecular weight excluding hydrogens is 340 g/mol. The summed E-state index contributed by atoms with van der Waals surface area (Å²) in [6, 6.07) is 5.81. The van der Waals surface area contributed by atoms with Crippen molar-refractivity contribution in [1.29, 1.82) is 0 Å². The summed E-state index contributed by atoms with van der Waals surface area (Å²) in [5.41, 5.74) is 2.30. The second-order valence-corrected chi connectivity index (χ2v) is 7.00. The van der Waals surface area contributed by atoms with Crippen LogP contribution in [-0.4, -0.2) is 67.4 Å². The smallest absolute Gasteiger partial charge is 0.272 e. The summed E-state index contributed by atoms with van der Waals surface area (Å²) in [6.07, 6.45) is 6.78. The predicted molar refractivity (Wildman–Crippen MR) is 104 cm³/mol. The van der Waals surface area contributed by atoms with Crippen molar-refractivity contribution in [3.8, 4) is 0 Å². The van der Waals surface area contributed by atoms with E-state index in [2.05, 4.69) is 26.4 Å². The molecule has 0 aromatic carbocycles. The molecule has 7 heteroatoms. The van der Waals surface area contributed by atoms with E-state index < -0.39 is 0 Å². The fraction of sp³-hybridized carbons (Fsp3) is 0.450. The summed E-state index contributed by atoms with van der Waals surface area (Å²) in [6.45, 7) is 9.28. The number of pyridine rings is 1. The van der Waals surface area contributed by atoms with Crippen molar-refractivity contribution in [3.05, 3.63) is 54.0 Å². The Morgan fingerprint density at radius 2 is 1.93 bits per heavy atom. The van der Waals surface area contributed by atoms with Gasteiger partial charge in [-0.05, 0) is 19.1 Å². The first-order valence-electron chi connectivity index (χ1n) is 9.62. The van der Waals surface area contributed by atoms with Crippen molar-refractivity contribution in [2.45, 2.75) is 26.8 Å². The molecule has 7 nitrogen and oxygen atoms in total. The Balaban J connectivity index is 1.37. The lowest BCUT2D eigenvalue weighted by atomic mass is 10.2. The number of aromatic nitrogens is 4. The fourth-order valence-electron chi connectivity index (χ4n) is 3.80. The van der Waals surface area contributed by atoms with Crippen LogP contribution < -0.4 is 0 Å². The van der Waals surface area contributed by atoms with Crippen molar-refractivity contribution in [2.75, 3.05) is 32.7 Å². The van der Waals surface area contributed by atoms with Crippen molar-refractivity contribution < 1.29 is 4.79 Å². The first-order valence-corrected chi connectivity index (χ1v) is 9.62. The number of hydrogen-bond donors (Lipinski definition) is 0. The second kappa shape index (κ2) is 7.52. The summed E-state index contributed by atoms with van der Waals surface area (Å²) in [5, 5.41) is 0. The number of amides is 1. The van der Waals surface area contributed by atoms with Crippen LogP contribution >= 0.6 is 0 Å². The maximum atomic E-state index is 13.1. The van der Waals surface area contributed by atoms with Crippen molar-refractivity contribution in [2.24, 2.45) is 0 Å². The Hall–Kier alpha value is -2.67. The summed E-state index contributed by atoms with van der Waals surface area (Å²) < 4.78 is 4.12. The molecule has 1 aliphatic heterocycles. The summed E-state index contributed by atoms with van der Waals surface area (Å²) >= 11 is 0. The van der Waals surface area contributed by atoms with Gasteiger partial charge in [-0.3, -0.25) is 14.1 Å². The van der Waals surface area contributed by atoms with E-state index in [-0.39, 0.29) is 5.91 Å². The highest BCUT2D eigenvalue weighted by atomic mass is 16.2. The fourth-order valence-corrected chi connectivity index (χ4v) is 3.80. The van der Waals surface area contributed by atoms with Crippen LogP contribution in [0.1, 0.15) is 28.9 Å². The zero-order chi connectivity index (χ0) is 18.8. The van der Waals surface area contributed by atoms with E-state index in [9.17, 15) is 4.79 Å². The van der Waals surface area contributed by atoms with Gasteiger partial charge in [0, 0.05) is 64.3 Å². The third kappa shape index (κ3) is 3.47. The molecule has 0 atom stereocenters. The minimum Gasteiger partial charge on any atom is -0.335 e. The predicted octanol–water partition coefficient (Wildman–Crippen LogP) is 1.86. The van der Waals surface area contributed by atoms with Crippen LogP contribution in [0, 0.1) is 6.92 Å².